The molecule has 0 spiro atoms. The summed E-state index contributed by atoms with van der Waals surface area (Å²) in [4.78, 5) is 5.87. The number of pyridine rings is 1. The van der Waals surface area contributed by atoms with Gasteiger partial charge in [0.15, 0.2) is 0 Å². The molecule has 0 saturated carbocycles. The van der Waals surface area contributed by atoms with Crippen molar-refractivity contribution < 1.29 is 4.39 Å². The van der Waals surface area contributed by atoms with E-state index in [2.05, 4.69) is 32.7 Å². The van der Waals surface area contributed by atoms with E-state index >= 15 is 0 Å². The van der Waals surface area contributed by atoms with Crippen LogP contribution in [0.5, 0.6) is 0 Å². The fourth-order valence-corrected chi connectivity index (χ4v) is 1.37. The number of aromatic nitrogens is 1. The molecule has 0 saturated heterocycles. The molecule has 0 fully saturated rings. The lowest BCUT2D eigenvalue weighted by molar-refractivity contribution is 0.328. The maximum absolute atomic E-state index is 12.9. The van der Waals surface area contributed by atoms with Gasteiger partial charge in [0.1, 0.15) is 5.82 Å². The van der Waals surface area contributed by atoms with Crippen LogP contribution in [0.25, 0.3) is 0 Å². The lowest BCUT2D eigenvalue weighted by Gasteiger charge is -2.36. The molecule has 0 bridgehead atoms. The predicted molar refractivity (Wildman–Crippen MR) is 61.5 cm³/mol. The summed E-state index contributed by atoms with van der Waals surface area (Å²) in [6.07, 6.45) is 0. The van der Waals surface area contributed by atoms with Crippen molar-refractivity contribution in [2.75, 3.05) is 11.9 Å². The van der Waals surface area contributed by atoms with Crippen LogP contribution in [0, 0.1) is 11.4 Å². The molecule has 1 heterocycles. The summed E-state index contributed by atoms with van der Waals surface area (Å²) in [7, 11) is 1.94. The van der Waals surface area contributed by atoms with Gasteiger partial charge in [-0.2, -0.15) is 4.39 Å². The number of hydrogen-bond donors (Lipinski definition) is 0. The zero-order valence-electron chi connectivity index (χ0n) is 10.1. The predicted octanol–water partition coefficient (Wildman–Crippen LogP) is 3.09. The van der Waals surface area contributed by atoms with Crippen molar-refractivity contribution in [3.63, 3.8) is 0 Å². The molecule has 3 heteroatoms. The van der Waals surface area contributed by atoms with Crippen molar-refractivity contribution in [2.24, 2.45) is 5.41 Å². The average Bonchev–Trinajstić information content (AvgIpc) is 2.14. The zero-order chi connectivity index (χ0) is 11.6. The van der Waals surface area contributed by atoms with E-state index in [4.69, 9.17) is 0 Å². The molecule has 0 aromatic carbocycles. The second-order valence-corrected chi connectivity index (χ2v) is 4.97. The zero-order valence-corrected chi connectivity index (χ0v) is 10.1. The fourth-order valence-electron chi connectivity index (χ4n) is 1.37. The van der Waals surface area contributed by atoms with Crippen LogP contribution in [0.15, 0.2) is 18.2 Å². The van der Waals surface area contributed by atoms with Crippen molar-refractivity contribution in [2.45, 2.75) is 33.7 Å². The van der Waals surface area contributed by atoms with E-state index in [1.165, 1.54) is 6.07 Å². The summed E-state index contributed by atoms with van der Waals surface area (Å²) >= 11 is 0. The van der Waals surface area contributed by atoms with Gasteiger partial charge in [-0.25, -0.2) is 4.98 Å². The van der Waals surface area contributed by atoms with E-state index in [0.29, 0.717) is 11.9 Å². The standard InChI is InChI=1S/C12H19FN2/c1-9(12(2,3)4)15(5)11-8-6-7-10(13)14-11/h6-9H,1-5H3. The van der Waals surface area contributed by atoms with E-state index in [1.807, 2.05) is 18.0 Å². The second kappa shape index (κ2) is 4.17. The molecule has 1 aromatic rings. The molecule has 1 aromatic heterocycles. The van der Waals surface area contributed by atoms with Crippen molar-refractivity contribution in [3.8, 4) is 0 Å². The van der Waals surface area contributed by atoms with Gasteiger partial charge in [0.25, 0.3) is 0 Å². The van der Waals surface area contributed by atoms with Crippen molar-refractivity contribution in [1.82, 2.24) is 4.98 Å². The largest absolute Gasteiger partial charge is 0.356 e. The Balaban J connectivity index is 2.90. The Morgan fingerprint density at radius 1 is 1.33 bits per heavy atom. The molecule has 1 atom stereocenters. The van der Waals surface area contributed by atoms with Crippen LogP contribution in [0.2, 0.25) is 0 Å². The van der Waals surface area contributed by atoms with Crippen LogP contribution in [0.4, 0.5) is 10.2 Å². The molecular weight excluding hydrogens is 191 g/mol. The molecule has 84 valence electrons. The SMILES string of the molecule is CC(N(C)c1cccc(F)n1)C(C)(C)C. The third-order valence-corrected chi connectivity index (χ3v) is 2.90. The number of rotatable bonds is 2. The molecule has 1 unspecified atom stereocenters. The Morgan fingerprint density at radius 3 is 2.40 bits per heavy atom. The van der Waals surface area contributed by atoms with Crippen LogP contribution in [-0.4, -0.2) is 18.1 Å². The summed E-state index contributed by atoms with van der Waals surface area (Å²) in [5.41, 5.74) is 0.142. The molecule has 0 aliphatic carbocycles. The van der Waals surface area contributed by atoms with Gasteiger partial charge in [-0.15, -0.1) is 0 Å². The highest BCUT2D eigenvalue weighted by Gasteiger charge is 2.24. The summed E-state index contributed by atoms with van der Waals surface area (Å²) in [6, 6.07) is 5.17. The van der Waals surface area contributed by atoms with Gasteiger partial charge in [-0.1, -0.05) is 26.8 Å². The molecule has 0 amide bonds. The second-order valence-electron chi connectivity index (χ2n) is 4.97. The first-order valence-corrected chi connectivity index (χ1v) is 5.18. The molecule has 1 rings (SSSR count). The number of halogens is 1. The van der Waals surface area contributed by atoms with Gasteiger partial charge in [0.05, 0.1) is 0 Å². The number of anilines is 1. The third-order valence-electron chi connectivity index (χ3n) is 2.90. The minimum absolute atomic E-state index is 0.142. The lowest BCUT2D eigenvalue weighted by atomic mass is 9.87. The topological polar surface area (TPSA) is 16.1 Å². The maximum atomic E-state index is 12.9. The van der Waals surface area contributed by atoms with Crippen LogP contribution < -0.4 is 4.90 Å². The Bertz CT molecular complexity index is 331. The van der Waals surface area contributed by atoms with Gasteiger partial charge < -0.3 is 4.90 Å². The molecule has 0 N–H and O–H groups in total. The Morgan fingerprint density at radius 2 is 1.93 bits per heavy atom. The number of nitrogens with zero attached hydrogens (tertiary/aromatic N) is 2. The quantitative estimate of drug-likeness (QED) is 0.697. The van der Waals surface area contributed by atoms with Gasteiger partial charge >= 0.3 is 0 Å². The average molecular weight is 210 g/mol. The lowest BCUT2D eigenvalue weighted by Crippen LogP contribution is -2.39. The van der Waals surface area contributed by atoms with E-state index < -0.39 is 5.95 Å². The smallest absolute Gasteiger partial charge is 0.214 e. The first kappa shape index (κ1) is 12.0. The summed E-state index contributed by atoms with van der Waals surface area (Å²) in [5.74, 6) is 0.248. The summed E-state index contributed by atoms with van der Waals surface area (Å²) in [6.45, 7) is 8.60. The highest BCUT2D eigenvalue weighted by Crippen LogP contribution is 2.26. The summed E-state index contributed by atoms with van der Waals surface area (Å²) < 4.78 is 12.9. The number of hydrogen-bond acceptors (Lipinski definition) is 2. The first-order chi connectivity index (χ1) is 6.82. The van der Waals surface area contributed by atoms with E-state index in [9.17, 15) is 4.39 Å². The highest BCUT2D eigenvalue weighted by molar-refractivity contribution is 5.38. The Kier molecular flexibility index (Phi) is 3.32. The van der Waals surface area contributed by atoms with E-state index in [1.54, 1.807) is 6.07 Å². The molecule has 0 radical (unpaired) electrons. The van der Waals surface area contributed by atoms with Crippen molar-refractivity contribution in [3.05, 3.63) is 24.1 Å². The fraction of sp³-hybridized carbons (Fsp3) is 0.583. The van der Waals surface area contributed by atoms with Gasteiger partial charge in [-0.3, -0.25) is 0 Å². The maximum Gasteiger partial charge on any atom is 0.214 e. The van der Waals surface area contributed by atoms with Gasteiger partial charge in [0.2, 0.25) is 5.95 Å². The molecule has 15 heavy (non-hydrogen) atoms. The van der Waals surface area contributed by atoms with E-state index in [-0.39, 0.29) is 5.41 Å². The third kappa shape index (κ3) is 2.91. The normalized spacial score (nSPS) is 13.7. The molecule has 0 aliphatic heterocycles. The van der Waals surface area contributed by atoms with E-state index in [0.717, 1.165) is 0 Å². The van der Waals surface area contributed by atoms with Crippen LogP contribution in [-0.2, 0) is 0 Å². The van der Waals surface area contributed by atoms with Gasteiger partial charge in [0, 0.05) is 13.1 Å². The Hall–Kier alpha value is -1.12. The molecule has 2 nitrogen and oxygen atoms in total. The van der Waals surface area contributed by atoms with Crippen molar-refractivity contribution in [1.29, 1.82) is 0 Å². The van der Waals surface area contributed by atoms with Crippen molar-refractivity contribution >= 4 is 5.82 Å². The molecule has 0 aliphatic rings. The first-order valence-electron chi connectivity index (χ1n) is 5.18. The minimum Gasteiger partial charge on any atom is -0.356 e. The monoisotopic (exact) mass is 210 g/mol. The van der Waals surface area contributed by atoms with Crippen LogP contribution in [0.3, 0.4) is 0 Å². The molecular formula is C12H19FN2. The van der Waals surface area contributed by atoms with Gasteiger partial charge in [-0.05, 0) is 24.5 Å². The summed E-state index contributed by atoms with van der Waals surface area (Å²) in [5, 5.41) is 0. The minimum atomic E-state index is -0.430. The Labute approximate surface area is 91.1 Å². The van der Waals surface area contributed by atoms with Crippen LogP contribution >= 0.6 is 0 Å². The highest BCUT2D eigenvalue weighted by atomic mass is 19.1. The van der Waals surface area contributed by atoms with Crippen LogP contribution in [0.1, 0.15) is 27.7 Å².